The molecule has 1 amide bonds. The van der Waals surface area contributed by atoms with Crippen molar-refractivity contribution in [2.75, 3.05) is 13.1 Å². The van der Waals surface area contributed by atoms with Gasteiger partial charge in [0.05, 0.1) is 0 Å². The number of hydrogen-bond donors (Lipinski definition) is 0. The van der Waals surface area contributed by atoms with E-state index in [1.165, 1.54) is 6.42 Å². The third-order valence-electron chi connectivity index (χ3n) is 6.22. The lowest BCUT2D eigenvalue weighted by molar-refractivity contribution is 0.0780. The Kier molecular flexibility index (Phi) is 2.95. The molecule has 2 aliphatic carbocycles. The zero-order valence-electron chi connectivity index (χ0n) is 12.6. The zero-order valence-corrected chi connectivity index (χ0v) is 12.6. The monoisotopic (exact) mass is 281 g/mol. The van der Waals surface area contributed by atoms with Gasteiger partial charge in [0.25, 0.3) is 5.91 Å². The molecule has 21 heavy (non-hydrogen) atoms. The number of likely N-dealkylation sites (tertiary alicyclic amines) is 1. The maximum absolute atomic E-state index is 12.7. The van der Waals surface area contributed by atoms with Gasteiger partial charge in [0.1, 0.15) is 0 Å². The van der Waals surface area contributed by atoms with E-state index in [1.807, 2.05) is 30.3 Å². The third-order valence-corrected chi connectivity index (χ3v) is 6.22. The second-order valence-corrected chi connectivity index (χ2v) is 7.14. The molecule has 0 N–H and O–H groups in total. The lowest BCUT2D eigenvalue weighted by atomic mass is 9.69. The van der Waals surface area contributed by atoms with Crippen LogP contribution in [0.2, 0.25) is 0 Å². The predicted octanol–water partition coefficient (Wildman–Crippen LogP) is 3.46. The fourth-order valence-corrected chi connectivity index (χ4v) is 5.01. The molecule has 2 heteroatoms. The summed E-state index contributed by atoms with van der Waals surface area (Å²) >= 11 is 0. The van der Waals surface area contributed by atoms with Gasteiger partial charge in [-0.1, -0.05) is 31.2 Å². The Labute approximate surface area is 126 Å². The highest BCUT2D eigenvalue weighted by atomic mass is 16.2. The Morgan fingerprint density at radius 3 is 2.57 bits per heavy atom. The number of rotatable bonds is 2. The van der Waals surface area contributed by atoms with E-state index < -0.39 is 0 Å². The van der Waals surface area contributed by atoms with Crippen molar-refractivity contribution in [1.82, 2.24) is 4.90 Å². The van der Waals surface area contributed by atoms with Gasteiger partial charge in [0.15, 0.2) is 0 Å². The second-order valence-electron chi connectivity index (χ2n) is 7.14. The highest BCUT2D eigenvalue weighted by Crippen LogP contribution is 2.61. The fourth-order valence-electron chi connectivity index (χ4n) is 5.01. The van der Waals surface area contributed by atoms with Gasteiger partial charge in [-0.15, -0.1) is 6.58 Å². The molecule has 3 fully saturated rings. The van der Waals surface area contributed by atoms with Crippen molar-refractivity contribution in [3.05, 3.63) is 48.6 Å². The molecule has 3 aliphatic rings. The second kappa shape index (κ2) is 4.72. The van der Waals surface area contributed by atoms with Crippen LogP contribution in [0.5, 0.6) is 0 Å². The van der Waals surface area contributed by atoms with Crippen molar-refractivity contribution in [3.8, 4) is 0 Å². The molecule has 1 heterocycles. The number of carbonyl (C=O) groups is 1. The Bertz CT molecular complexity index is 566. The van der Waals surface area contributed by atoms with Crippen molar-refractivity contribution in [2.45, 2.75) is 13.3 Å². The standard InChI is InChI=1S/C19H23NO/c1-3-14-16-9-15(16)12(2)17-10-20(11-18(14)17)19(21)13-7-5-4-6-8-13/h3-8,12,14-18H,1,9-11H2,2H3. The van der Waals surface area contributed by atoms with Crippen molar-refractivity contribution < 1.29 is 4.79 Å². The summed E-state index contributed by atoms with van der Waals surface area (Å²) in [5, 5.41) is 0. The van der Waals surface area contributed by atoms with Gasteiger partial charge in [-0.2, -0.15) is 0 Å². The molecule has 0 bridgehead atoms. The molecule has 4 rings (SSSR count). The number of fused-ring (bicyclic) bond motifs is 2. The van der Waals surface area contributed by atoms with Gasteiger partial charge in [-0.3, -0.25) is 4.79 Å². The number of allylic oxidation sites excluding steroid dienone is 1. The van der Waals surface area contributed by atoms with Crippen LogP contribution in [0.4, 0.5) is 0 Å². The minimum Gasteiger partial charge on any atom is -0.338 e. The average molecular weight is 281 g/mol. The Balaban J connectivity index is 1.56. The molecular weight excluding hydrogens is 258 g/mol. The highest BCUT2D eigenvalue weighted by molar-refractivity contribution is 5.94. The average Bonchev–Trinajstić information content (AvgIpc) is 3.19. The van der Waals surface area contributed by atoms with Crippen molar-refractivity contribution >= 4 is 5.91 Å². The molecular formula is C19H23NO. The summed E-state index contributed by atoms with van der Waals surface area (Å²) in [5.41, 5.74) is 0.823. The Hall–Kier alpha value is -1.57. The van der Waals surface area contributed by atoms with E-state index in [0.717, 1.165) is 36.4 Å². The maximum Gasteiger partial charge on any atom is 0.253 e. The maximum atomic E-state index is 12.7. The van der Waals surface area contributed by atoms with Gasteiger partial charge < -0.3 is 4.90 Å². The lowest BCUT2D eigenvalue weighted by Gasteiger charge is -2.35. The summed E-state index contributed by atoms with van der Waals surface area (Å²) in [6.07, 6.45) is 3.56. The van der Waals surface area contributed by atoms with Crippen molar-refractivity contribution in [3.63, 3.8) is 0 Å². The lowest BCUT2D eigenvalue weighted by Crippen LogP contribution is -2.33. The molecule has 0 radical (unpaired) electrons. The molecule has 1 aromatic carbocycles. The van der Waals surface area contributed by atoms with Gasteiger partial charge in [-0.25, -0.2) is 0 Å². The first kappa shape index (κ1) is 13.1. The van der Waals surface area contributed by atoms with Crippen LogP contribution >= 0.6 is 0 Å². The molecule has 6 unspecified atom stereocenters. The molecule has 110 valence electrons. The van der Waals surface area contributed by atoms with E-state index in [2.05, 4.69) is 24.5 Å². The third kappa shape index (κ3) is 1.96. The van der Waals surface area contributed by atoms with E-state index in [-0.39, 0.29) is 5.91 Å². The fraction of sp³-hybridized carbons (Fsp3) is 0.526. The first-order valence-corrected chi connectivity index (χ1v) is 8.17. The minimum atomic E-state index is 0.202. The van der Waals surface area contributed by atoms with Crippen LogP contribution in [0.3, 0.4) is 0 Å². The van der Waals surface area contributed by atoms with E-state index in [4.69, 9.17) is 0 Å². The summed E-state index contributed by atoms with van der Waals surface area (Å²) in [4.78, 5) is 14.8. The largest absolute Gasteiger partial charge is 0.338 e. The molecule has 6 atom stereocenters. The SMILES string of the molecule is C=CC1C2CC2C(C)C2CN(C(=O)c3ccccc3)CC12. The number of carbonyl (C=O) groups excluding carboxylic acids is 1. The van der Waals surface area contributed by atoms with Gasteiger partial charge in [0, 0.05) is 18.7 Å². The topological polar surface area (TPSA) is 20.3 Å². The van der Waals surface area contributed by atoms with Crippen LogP contribution < -0.4 is 0 Å². The van der Waals surface area contributed by atoms with Crippen LogP contribution in [0.25, 0.3) is 0 Å². The number of hydrogen-bond acceptors (Lipinski definition) is 1. The summed E-state index contributed by atoms with van der Waals surface area (Å²) in [6, 6.07) is 9.71. The Morgan fingerprint density at radius 2 is 1.86 bits per heavy atom. The van der Waals surface area contributed by atoms with Crippen molar-refractivity contribution in [2.24, 2.45) is 35.5 Å². The summed E-state index contributed by atoms with van der Waals surface area (Å²) in [5.74, 6) is 4.65. The van der Waals surface area contributed by atoms with Gasteiger partial charge in [0.2, 0.25) is 0 Å². The molecule has 2 nitrogen and oxygen atoms in total. The van der Waals surface area contributed by atoms with Crippen LogP contribution in [0.15, 0.2) is 43.0 Å². The number of benzene rings is 1. The molecule has 0 aromatic heterocycles. The summed E-state index contributed by atoms with van der Waals surface area (Å²) in [7, 11) is 0. The normalized spacial score (nSPS) is 40.3. The van der Waals surface area contributed by atoms with E-state index in [0.29, 0.717) is 17.8 Å². The summed E-state index contributed by atoms with van der Waals surface area (Å²) in [6.45, 7) is 8.33. The van der Waals surface area contributed by atoms with E-state index >= 15 is 0 Å². The molecule has 0 spiro atoms. The van der Waals surface area contributed by atoms with Gasteiger partial charge >= 0.3 is 0 Å². The predicted molar refractivity (Wildman–Crippen MR) is 83.8 cm³/mol. The molecule has 1 aliphatic heterocycles. The number of nitrogens with zero attached hydrogens (tertiary/aromatic N) is 1. The quantitative estimate of drug-likeness (QED) is 0.760. The van der Waals surface area contributed by atoms with E-state index in [9.17, 15) is 4.79 Å². The Morgan fingerprint density at radius 1 is 1.14 bits per heavy atom. The van der Waals surface area contributed by atoms with Crippen LogP contribution in [-0.2, 0) is 0 Å². The number of amides is 1. The zero-order chi connectivity index (χ0) is 14.6. The molecule has 1 saturated heterocycles. The first-order valence-electron chi connectivity index (χ1n) is 8.17. The van der Waals surface area contributed by atoms with Crippen molar-refractivity contribution in [1.29, 1.82) is 0 Å². The smallest absolute Gasteiger partial charge is 0.253 e. The van der Waals surface area contributed by atoms with E-state index in [1.54, 1.807) is 0 Å². The minimum absolute atomic E-state index is 0.202. The first-order chi connectivity index (χ1) is 10.2. The van der Waals surface area contributed by atoms with Crippen LogP contribution in [-0.4, -0.2) is 23.9 Å². The summed E-state index contributed by atoms with van der Waals surface area (Å²) < 4.78 is 0. The van der Waals surface area contributed by atoms with Gasteiger partial charge in [-0.05, 0) is 54.1 Å². The molecule has 1 aromatic rings. The van der Waals surface area contributed by atoms with Crippen LogP contribution in [0.1, 0.15) is 23.7 Å². The molecule has 2 saturated carbocycles. The van der Waals surface area contributed by atoms with Crippen LogP contribution in [0, 0.1) is 35.5 Å². The highest BCUT2D eigenvalue weighted by Gasteiger charge is 2.58.